The van der Waals surface area contributed by atoms with Crippen molar-refractivity contribution < 1.29 is 4.74 Å². The molecular formula is C19H31IN4OS. The number of ether oxygens (including phenoxy) is 1. The van der Waals surface area contributed by atoms with Crippen LogP contribution in [0.5, 0.6) is 5.88 Å². The van der Waals surface area contributed by atoms with Gasteiger partial charge in [-0.15, -0.1) is 24.0 Å². The first-order chi connectivity index (χ1) is 12.2. The van der Waals surface area contributed by atoms with Gasteiger partial charge < -0.3 is 15.4 Å². The highest BCUT2D eigenvalue weighted by molar-refractivity contribution is 14.0. The third-order valence-electron chi connectivity index (χ3n) is 5.00. The van der Waals surface area contributed by atoms with Crippen LogP contribution in [0, 0.1) is 0 Å². The normalized spacial score (nSPS) is 23.5. The van der Waals surface area contributed by atoms with Gasteiger partial charge in [-0.1, -0.05) is 0 Å². The lowest BCUT2D eigenvalue weighted by atomic mass is 10.1. The van der Waals surface area contributed by atoms with Crippen LogP contribution < -0.4 is 15.4 Å². The number of rotatable bonds is 6. The van der Waals surface area contributed by atoms with Crippen LogP contribution in [0.15, 0.2) is 23.3 Å². The minimum absolute atomic E-state index is 0. The van der Waals surface area contributed by atoms with Crippen LogP contribution in [0.2, 0.25) is 0 Å². The highest BCUT2D eigenvalue weighted by Gasteiger charge is 2.29. The molecule has 3 rings (SSSR count). The molecule has 1 aliphatic heterocycles. The Balaban J connectivity index is 0.00000243. The van der Waals surface area contributed by atoms with E-state index in [4.69, 9.17) is 4.74 Å². The van der Waals surface area contributed by atoms with Gasteiger partial charge in [-0.25, -0.2) is 4.98 Å². The molecule has 1 aromatic rings. The van der Waals surface area contributed by atoms with E-state index in [1.54, 1.807) is 0 Å². The number of aromatic nitrogens is 1. The molecule has 1 saturated carbocycles. The fourth-order valence-electron chi connectivity index (χ4n) is 3.46. The molecule has 0 bridgehead atoms. The van der Waals surface area contributed by atoms with Gasteiger partial charge in [0.2, 0.25) is 5.88 Å². The molecule has 2 aliphatic rings. The molecule has 1 unspecified atom stereocenters. The molecule has 2 N–H and O–H groups in total. The summed E-state index contributed by atoms with van der Waals surface area (Å²) in [5.74, 6) is 2.86. The van der Waals surface area contributed by atoms with E-state index in [1.165, 1.54) is 31.4 Å². The molecule has 1 aliphatic carbocycles. The summed E-state index contributed by atoms with van der Waals surface area (Å²) in [6.45, 7) is 4.00. The lowest BCUT2D eigenvalue weighted by Crippen LogP contribution is -2.43. The van der Waals surface area contributed by atoms with Gasteiger partial charge in [0.1, 0.15) is 6.10 Å². The molecule has 2 fully saturated rings. The summed E-state index contributed by atoms with van der Waals surface area (Å²) in [5.41, 5.74) is 1.16. The van der Waals surface area contributed by atoms with Crippen LogP contribution in [0.4, 0.5) is 0 Å². The molecule has 1 saturated heterocycles. The first-order valence-electron chi connectivity index (χ1n) is 9.37. The first-order valence-corrected chi connectivity index (χ1v) is 10.4. The fraction of sp³-hybridized carbons (Fsp3) is 0.684. The second-order valence-electron chi connectivity index (χ2n) is 7.21. The van der Waals surface area contributed by atoms with E-state index in [1.807, 2.05) is 25.4 Å². The maximum absolute atomic E-state index is 5.99. The third kappa shape index (κ3) is 6.48. The summed E-state index contributed by atoms with van der Waals surface area (Å²) in [6, 6.07) is 4.06. The topological polar surface area (TPSA) is 58.5 Å². The number of aliphatic imine (C=N–C) groups is 1. The van der Waals surface area contributed by atoms with Crippen molar-refractivity contribution in [2.24, 2.45) is 4.99 Å². The number of hydrogen-bond donors (Lipinski definition) is 2. The first kappa shape index (κ1) is 21.6. The quantitative estimate of drug-likeness (QED) is 0.359. The van der Waals surface area contributed by atoms with Crippen molar-refractivity contribution in [3.63, 3.8) is 0 Å². The second kappa shape index (κ2) is 10.6. The SMILES string of the molecule is CN=C(NCc1ccnc(OC2CCCC2)c1)NCC1(C)CCCS1.I. The molecule has 26 heavy (non-hydrogen) atoms. The molecule has 0 aromatic carbocycles. The zero-order chi connectivity index (χ0) is 17.5. The highest BCUT2D eigenvalue weighted by atomic mass is 127. The van der Waals surface area contributed by atoms with Crippen molar-refractivity contribution in [2.45, 2.75) is 62.8 Å². The van der Waals surface area contributed by atoms with E-state index in [9.17, 15) is 0 Å². The van der Waals surface area contributed by atoms with Gasteiger partial charge in [0.05, 0.1) is 0 Å². The smallest absolute Gasteiger partial charge is 0.213 e. The lowest BCUT2D eigenvalue weighted by molar-refractivity contribution is 0.201. The summed E-state index contributed by atoms with van der Waals surface area (Å²) in [4.78, 5) is 8.69. The molecule has 1 atom stereocenters. The van der Waals surface area contributed by atoms with Gasteiger partial charge in [-0.3, -0.25) is 4.99 Å². The van der Waals surface area contributed by atoms with Crippen molar-refractivity contribution in [1.29, 1.82) is 0 Å². The number of thioether (sulfide) groups is 1. The number of nitrogens with one attached hydrogen (secondary N) is 2. The Kier molecular flexibility index (Phi) is 8.79. The van der Waals surface area contributed by atoms with E-state index >= 15 is 0 Å². The maximum Gasteiger partial charge on any atom is 0.213 e. The standard InChI is InChI=1S/C19H30N4OS.HI/c1-19(9-5-11-25-19)14-23-18(20-2)22-13-15-8-10-21-17(12-15)24-16-6-3-4-7-16;/h8,10,12,16H,3-7,9,11,13-14H2,1-2H3,(H2,20,22,23);1H. The largest absolute Gasteiger partial charge is 0.474 e. The number of nitrogens with zero attached hydrogens (tertiary/aromatic N) is 2. The molecule has 5 nitrogen and oxygen atoms in total. The summed E-state index contributed by atoms with van der Waals surface area (Å²) in [7, 11) is 1.82. The maximum atomic E-state index is 5.99. The Bertz CT molecular complexity index is 587. The van der Waals surface area contributed by atoms with Gasteiger partial charge >= 0.3 is 0 Å². The van der Waals surface area contributed by atoms with Crippen molar-refractivity contribution in [3.8, 4) is 5.88 Å². The molecular weight excluding hydrogens is 459 g/mol. The second-order valence-corrected chi connectivity index (χ2v) is 8.89. The highest BCUT2D eigenvalue weighted by Crippen LogP contribution is 2.36. The Morgan fingerprint density at radius 1 is 1.35 bits per heavy atom. The molecule has 0 spiro atoms. The average Bonchev–Trinajstić information content (AvgIpc) is 3.28. The minimum atomic E-state index is 0. The minimum Gasteiger partial charge on any atom is -0.474 e. The predicted molar refractivity (Wildman–Crippen MR) is 121 cm³/mol. The zero-order valence-electron chi connectivity index (χ0n) is 15.8. The van der Waals surface area contributed by atoms with Gasteiger partial charge in [0, 0.05) is 37.1 Å². The molecule has 146 valence electrons. The van der Waals surface area contributed by atoms with E-state index in [0.717, 1.165) is 36.8 Å². The van der Waals surface area contributed by atoms with Crippen LogP contribution in [-0.4, -0.2) is 41.1 Å². The number of guanidine groups is 1. The van der Waals surface area contributed by atoms with E-state index in [2.05, 4.69) is 39.3 Å². The molecule has 0 radical (unpaired) electrons. The fourth-order valence-corrected chi connectivity index (χ4v) is 4.70. The molecule has 7 heteroatoms. The number of halogens is 1. The molecule has 2 heterocycles. The lowest BCUT2D eigenvalue weighted by Gasteiger charge is -2.24. The van der Waals surface area contributed by atoms with Crippen LogP contribution in [0.1, 0.15) is 51.0 Å². The van der Waals surface area contributed by atoms with Gasteiger partial charge in [0.25, 0.3) is 0 Å². The molecule has 1 aromatic heterocycles. The number of hydrogen-bond acceptors (Lipinski definition) is 4. The average molecular weight is 490 g/mol. The predicted octanol–water partition coefficient (Wildman–Crippen LogP) is 3.97. The van der Waals surface area contributed by atoms with E-state index < -0.39 is 0 Å². The van der Waals surface area contributed by atoms with Crippen molar-refractivity contribution >= 4 is 41.7 Å². The zero-order valence-corrected chi connectivity index (χ0v) is 18.9. The summed E-state index contributed by atoms with van der Waals surface area (Å²) < 4.78 is 6.32. The monoisotopic (exact) mass is 490 g/mol. The van der Waals surface area contributed by atoms with E-state index in [0.29, 0.717) is 17.4 Å². The van der Waals surface area contributed by atoms with Crippen LogP contribution >= 0.6 is 35.7 Å². The van der Waals surface area contributed by atoms with Gasteiger partial charge in [0.15, 0.2) is 5.96 Å². The Hall–Kier alpha value is -0.700. The Labute approximate surface area is 178 Å². The number of pyridine rings is 1. The van der Waals surface area contributed by atoms with Crippen LogP contribution in [0.3, 0.4) is 0 Å². The van der Waals surface area contributed by atoms with Crippen molar-refractivity contribution in [3.05, 3.63) is 23.9 Å². The van der Waals surface area contributed by atoms with Crippen LogP contribution in [0.25, 0.3) is 0 Å². The summed E-state index contributed by atoms with van der Waals surface area (Å²) >= 11 is 2.06. The van der Waals surface area contributed by atoms with Gasteiger partial charge in [-0.2, -0.15) is 11.8 Å². The van der Waals surface area contributed by atoms with E-state index in [-0.39, 0.29) is 24.0 Å². The summed E-state index contributed by atoms with van der Waals surface area (Å²) in [5, 5.41) is 6.86. The van der Waals surface area contributed by atoms with Crippen LogP contribution in [-0.2, 0) is 6.54 Å². The third-order valence-corrected chi connectivity index (χ3v) is 6.54. The summed E-state index contributed by atoms with van der Waals surface area (Å²) in [6.07, 6.45) is 9.59. The molecule has 0 amide bonds. The van der Waals surface area contributed by atoms with Gasteiger partial charge in [-0.05, 0) is 62.8 Å². The van der Waals surface area contributed by atoms with Crippen molar-refractivity contribution in [1.82, 2.24) is 15.6 Å². The van der Waals surface area contributed by atoms with Crippen molar-refractivity contribution in [2.75, 3.05) is 19.3 Å². The Morgan fingerprint density at radius 2 is 2.15 bits per heavy atom. The Morgan fingerprint density at radius 3 is 2.85 bits per heavy atom.